The number of aryl methyl sites for hydroxylation is 2. The van der Waals surface area contributed by atoms with E-state index in [4.69, 9.17) is 4.74 Å². The highest BCUT2D eigenvalue weighted by atomic mass is 79.9. The number of aromatic nitrogens is 4. The maximum absolute atomic E-state index is 6.07. The van der Waals surface area contributed by atoms with Crippen LogP contribution in [0.15, 0.2) is 77.3 Å². The van der Waals surface area contributed by atoms with Gasteiger partial charge in [-0.25, -0.2) is 0 Å². The van der Waals surface area contributed by atoms with Gasteiger partial charge in [-0.2, -0.15) is 5.21 Å². The van der Waals surface area contributed by atoms with Gasteiger partial charge in [-0.15, -0.1) is 10.2 Å². The van der Waals surface area contributed by atoms with Gasteiger partial charge >= 0.3 is 0 Å². The Bertz CT molecular complexity index is 1040. The first-order chi connectivity index (χ1) is 13.8. The zero-order chi connectivity index (χ0) is 19.2. The molecule has 0 atom stereocenters. The third-order valence-corrected chi connectivity index (χ3v) is 5.27. The first-order valence-corrected chi connectivity index (χ1v) is 9.86. The van der Waals surface area contributed by atoms with Crippen LogP contribution in [0.3, 0.4) is 0 Å². The molecule has 0 fully saturated rings. The molecular weight excluding hydrogens is 416 g/mol. The molecule has 28 heavy (non-hydrogen) atoms. The average molecular weight is 435 g/mol. The lowest BCUT2D eigenvalue weighted by molar-refractivity contribution is 0.303. The first-order valence-electron chi connectivity index (χ1n) is 9.06. The van der Waals surface area contributed by atoms with Crippen LogP contribution in [0, 0.1) is 0 Å². The lowest BCUT2D eigenvalue weighted by Crippen LogP contribution is -2.00. The number of rotatable bonds is 7. The Labute approximate surface area is 171 Å². The number of nitrogens with one attached hydrogen (secondary N) is 1. The monoisotopic (exact) mass is 434 g/mol. The Hall–Kier alpha value is -2.99. The average Bonchev–Trinajstić information content (AvgIpc) is 3.28. The normalized spacial score (nSPS) is 10.8. The minimum absolute atomic E-state index is 0.570. The Morgan fingerprint density at radius 1 is 0.857 bits per heavy atom. The molecule has 0 saturated carbocycles. The van der Waals surface area contributed by atoms with Crippen molar-refractivity contribution in [3.05, 3.63) is 94.0 Å². The van der Waals surface area contributed by atoms with Crippen LogP contribution in [0.2, 0.25) is 0 Å². The molecule has 0 amide bonds. The molecule has 0 bridgehead atoms. The zero-order valence-corrected chi connectivity index (χ0v) is 16.8. The van der Waals surface area contributed by atoms with Crippen molar-refractivity contribution in [3.8, 4) is 17.1 Å². The molecule has 0 aliphatic carbocycles. The van der Waals surface area contributed by atoms with E-state index in [-0.39, 0.29) is 0 Å². The summed E-state index contributed by atoms with van der Waals surface area (Å²) < 4.78 is 7.11. The maximum atomic E-state index is 6.07. The fourth-order valence-corrected chi connectivity index (χ4v) is 3.61. The maximum Gasteiger partial charge on any atom is 0.204 e. The quantitative estimate of drug-likeness (QED) is 0.444. The highest BCUT2D eigenvalue weighted by Crippen LogP contribution is 2.26. The molecule has 1 aromatic heterocycles. The standard InChI is InChI=1S/C22H19BrN4O/c23-20-14-19(22-24-26-27-25-22)13-11-17(20)10-12-18-8-4-5-9-21(18)28-15-16-6-2-1-3-7-16/h1-9,11,13-14H,10,12,15H2,(H,24,25,26,27). The second kappa shape index (κ2) is 8.80. The molecule has 1 heterocycles. The summed E-state index contributed by atoms with van der Waals surface area (Å²) in [5, 5.41) is 14.1. The number of nitrogens with zero attached hydrogens (tertiary/aromatic N) is 3. The smallest absolute Gasteiger partial charge is 0.204 e. The summed E-state index contributed by atoms with van der Waals surface area (Å²) in [5.74, 6) is 1.53. The number of aromatic amines is 1. The molecule has 5 nitrogen and oxygen atoms in total. The largest absolute Gasteiger partial charge is 0.489 e. The predicted molar refractivity (Wildman–Crippen MR) is 112 cm³/mol. The Balaban J connectivity index is 1.44. The van der Waals surface area contributed by atoms with Gasteiger partial charge in [-0.1, -0.05) is 76.6 Å². The number of ether oxygens (including phenoxy) is 1. The van der Waals surface area contributed by atoms with E-state index in [0.29, 0.717) is 12.4 Å². The van der Waals surface area contributed by atoms with Gasteiger partial charge in [-0.3, -0.25) is 0 Å². The van der Waals surface area contributed by atoms with Crippen LogP contribution in [0.4, 0.5) is 0 Å². The highest BCUT2D eigenvalue weighted by Gasteiger charge is 2.09. The Morgan fingerprint density at radius 3 is 2.43 bits per heavy atom. The van der Waals surface area contributed by atoms with E-state index < -0.39 is 0 Å². The third-order valence-electron chi connectivity index (χ3n) is 4.53. The lowest BCUT2D eigenvalue weighted by atomic mass is 10.0. The summed E-state index contributed by atoms with van der Waals surface area (Å²) in [6, 6.07) is 24.6. The summed E-state index contributed by atoms with van der Waals surface area (Å²) in [6.07, 6.45) is 1.80. The summed E-state index contributed by atoms with van der Waals surface area (Å²) in [4.78, 5) is 0. The molecule has 140 valence electrons. The van der Waals surface area contributed by atoms with Gasteiger partial charge < -0.3 is 4.74 Å². The van der Waals surface area contributed by atoms with E-state index in [9.17, 15) is 0 Å². The van der Waals surface area contributed by atoms with Crippen LogP contribution in [-0.2, 0) is 19.4 Å². The fourth-order valence-electron chi connectivity index (χ4n) is 3.03. The van der Waals surface area contributed by atoms with Gasteiger partial charge in [0.25, 0.3) is 0 Å². The number of hydrogen-bond acceptors (Lipinski definition) is 4. The first kappa shape index (κ1) is 18.4. The third kappa shape index (κ3) is 4.46. The van der Waals surface area contributed by atoms with Crippen molar-refractivity contribution in [1.29, 1.82) is 0 Å². The van der Waals surface area contributed by atoms with Crippen molar-refractivity contribution in [1.82, 2.24) is 20.6 Å². The number of halogens is 1. The topological polar surface area (TPSA) is 63.7 Å². The van der Waals surface area contributed by atoms with Crippen LogP contribution in [0.25, 0.3) is 11.4 Å². The molecule has 0 saturated heterocycles. The van der Waals surface area contributed by atoms with E-state index in [1.807, 2.05) is 42.5 Å². The molecule has 0 aliphatic rings. The van der Waals surface area contributed by atoms with Crippen LogP contribution in [0.1, 0.15) is 16.7 Å². The van der Waals surface area contributed by atoms with Gasteiger partial charge in [0.1, 0.15) is 12.4 Å². The summed E-state index contributed by atoms with van der Waals surface area (Å²) in [6.45, 7) is 0.570. The summed E-state index contributed by atoms with van der Waals surface area (Å²) in [5.41, 5.74) is 4.52. The second-order valence-electron chi connectivity index (χ2n) is 6.42. The van der Waals surface area contributed by atoms with Crippen molar-refractivity contribution >= 4 is 15.9 Å². The van der Waals surface area contributed by atoms with Gasteiger partial charge in [0.05, 0.1) is 0 Å². The Kier molecular flexibility index (Phi) is 5.77. The molecule has 0 aliphatic heterocycles. The summed E-state index contributed by atoms with van der Waals surface area (Å²) in [7, 11) is 0. The molecular formula is C22H19BrN4O. The molecule has 0 radical (unpaired) electrons. The lowest BCUT2D eigenvalue weighted by Gasteiger charge is -2.12. The second-order valence-corrected chi connectivity index (χ2v) is 7.28. The van der Waals surface area contributed by atoms with Crippen molar-refractivity contribution in [2.24, 2.45) is 0 Å². The molecule has 6 heteroatoms. The number of benzene rings is 3. The van der Waals surface area contributed by atoms with E-state index in [1.165, 1.54) is 11.1 Å². The molecule has 0 unspecified atom stereocenters. The van der Waals surface area contributed by atoms with Crippen LogP contribution in [0.5, 0.6) is 5.75 Å². The van der Waals surface area contributed by atoms with E-state index >= 15 is 0 Å². The van der Waals surface area contributed by atoms with Crippen molar-refractivity contribution in [3.63, 3.8) is 0 Å². The van der Waals surface area contributed by atoms with Gasteiger partial charge in [-0.05, 0) is 46.9 Å². The number of tetrazole rings is 1. The SMILES string of the molecule is Brc1cc(-c2nn[nH]n2)ccc1CCc1ccccc1OCc1ccccc1. The van der Waals surface area contributed by atoms with E-state index in [0.717, 1.165) is 34.2 Å². The summed E-state index contributed by atoms with van der Waals surface area (Å²) >= 11 is 3.67. The zero-order valence-electron chi connectivity index (χ0n) is 15.2. The molecule has 3 aromatic carbocycles. The van der Waals surface area contributed by atoms with Crippen molar-refractivity contribution < 1.29 is 4.74 Å². The van der Waals surface area contributed by atoms with Crippen molar-refractivity contribution in [2.75, 3.05) is 0 Å². The predicted octanol–water partition coefficient (Wildman–Crippen LogP) is 4.99. The van der Waals surface area contributed by atoms with Gasteiger partial charge in [0.15, 0.2) is 0 Å². The molecule has 0 spiro atoms. The Morgan fingerprint density at radius 2 is 1.64 bits per heavy atom. The van der Waals surface area contributed by atoms with E-state index in [2.05, 4.69) is 66.9 Å². The van der Waals surface area contributed by atoms with Crippen LogP contribution < -0.4 is 4.74 Å². The molecule has 4 rings (SSSR count). The van der Waals surface area contributed by atoms with Crippen LogP contribution >= 0.6 is 15.9 Å². The van der Waals surface area contributed by atoms with Crippen molar-refractivity contribution in [2.45, 2.75) is 19.4 Å². The van der Waals surface area contributed by atoms with E-state index in [1.54, 1.807) is 0 Å². The molecule has 1 N–H and O–H groups in total. The van der Waals surface area contributed by atoms with Gasteiger partial charge in [0.2, 0.25) is 5.82 Å². The van der Waals surface area contributed by atoms with Gasteiger partial charge in [0, 0.05) is 10.0 Å². The fraction of sp³-hybridized carbons (Fsp3) is 0.136. The number of hydrogen-bond donors (Lipinski definition) is 1. The number of H-pyrrole nitrogens is 1. The van der Waals surface area contributed by atoms with Crippen LogP contribution in [-0.4, -0.2) is 20.6 Å². The minimum Gasteiger partial charge on any atom is -0.489 e. The highest BCUT2D eigenvalue weighted by molar-refractivity contribution is 9.10. The minimum atomic E-state index is 0.570. The molecule has 4 aromatic rings. The number of para-hydroxylation sites is 1.